The summed E-state index contributed by atoms with van der Waals surface area (Å²) in [5, 5.41) is 9.05. The van der Waals surface area contributed by atoms with E-state index in [2.05, 4.69) is 35.4 Å². The van der Waals surface area contributed by atoms with Crippen LogP contribution in [0.25, 0.3) is 11.0 Å². The van der Waals surface area contributed by atoms with Gasteiger partial charge in [0, 0.05) is 13.1 Å². The summed E-state index contributed by atoms with van der Waals surface area (Å²) < 4.78 is 2.27. The van der Waals surface area contributed by atoms with Gasteiger partial charge in [0.2, 0.25) is 0 Å². The van der Waals surface area contributed by atoms with Crippen LogP contribution in [0.3, 0.4) is 0 Å². The van der Waals surface area contributed by atoms with Crippen LogP contribution in [-0.2, 0) is 13.1 Å². The standard InChI is InChI=1S/C16H26N4O/c1-12-9-14-15(10-13(12)2)20(6-4-5-17)16(18-14)11-19(3)7-8-21/h9-10,21H,4-8,11,17H2,1-3H3. The van der Waals surface area contributed by atoms with E-state index < -0.39 is 0 Å². The fourth-order valence-electron chi connectivity index (χ4n) is 2.54. The van der Waals surface area contributed by atoms with E-state index >= 15 is 0 Å². The Bertz CT molecular complexity index is 606. The van der Waals surface area contributed by atoms with Gasteiger partial charge in [0.25, 0.3) is 0 Å². The maximum atomic E-state index is 9.05. The molecule has 0 unspecified atom stereocenters. The van der Waals surface area contributed by atoms with Crippen LogP contribution in [-0.4, -0.2) is 46.3 Å². The molecule has 116 valence electrons. The van der Waals surface area contributed by atoms with E-state index in [1.807, 2.05) is 7.05 Å². The monoisotopic (exact) mass is 290 g/mol. The number of imidazole rings is 1. The number of aliphatic hydroxyl groups excluding tert-OH is 1. The number of benzene rings is 1. The molecule has 1 aromatic heterocycles. The quantitative estimate of drug-likeness (QED) is 0.809. The Morgan fingerprint density at radius 2 is 2.00 bits per heavy atom. The van der Waals surface area contributed by atoms with Gasteiger partial charge in [-0.05, 0) is 57.1 Å². The van der Waals surface area contributed by atoms with Gasteiger partial charge in [0.15, 0.2) is 0 Å². The lowest BCUT2D eigenvalue weighted by Gasteiger charge is -2.16. The molecule has 0 saturated carbocycles. The predicted octanol–water partition coefficient (Wildman–Crippen LogP) is 1.43. The molecule has 2 rings (SSSR count). The molecule has 0 aliphatic rings. The lowest BCUT2D eigenvalue weighted by atomic mass is 10.1. The molecule has 21 heavy (non-hydrogen) atoms. The van der Waals surface area contributed by atoms with Crippen molar-refractivity contribution in [3.05, 3.63) is 29.1 Å². The average molecular weight is 290 g/mol. The number of aromatic nitrogens is 2. The van der Waals surface area contributed by atoms with Gasteiger partial charge >= 0.3 is 0 Å². The summed E-state index contributed by atoms with van der Waals surface area (Å²) in [4.78, 5) is 6.87. The molecular formula is C16H26N4O. The van der Waals surface area contributed by atoms with Crippen molar-refractivity contribution in [2.45, 2.75) is 33.4 Å². The highest BCUT2D eigenvalue weighted by Crippen LogP contribution is 2.22. The maximum absolute atomic E-state index is 9.05. The zero-order chi connectivity index (χ0) is 15.4. The number of aryl methyl sites for hydroxylation is 3. The van der Waals surface area contributed by atoms with Gasteiger partial charge in [0.1, 0.15) is 5.82 Å². The molecule has 5 heteroatoms. The molecule has 0 radical (unpaired) electrons. The van der Waals surface area contributed by atoms with Crippen molar-refractivity contribution in [3.63, 3.8) is 0 Å². The normalized spacial score (nSPS) is 11.7. The summed E-state index contributed by atoms with van der Waals surface area (Å²) in [5.41, 5.74) is 10.4. The van der Waals surface area contributed by atoms with Crippen molar-refractivity contribution >= 4 is 11.0 Å². The van der Waals surface area contributed by atoms with Crippen LogP contribution in [0.1, 0.15) is 23.4 Å². The Hall–Kier alpha value is -1.43. The van der Waals surface area contributed by atoms with Gasteiger partial charge in [-0.3, -0.25) is 4.90 Å². The molecule has 0 bridgehead atoms. The number of nitrogens with zero attached hydrogens (tertiary/aromatic N) is 3. The van der Waals surface area contributed by atoms with E-state index in [4.69, 9.17) is 15.8 Å². The number of hydrogen-bond donors (Lipinski definition) is 2. The first-order valence-corrected chi connectivity index (χ1v) is 7.52. The molecular weight excluding hydrogens is 264 g/mol. The third kappa shape index (κ3) is 3.61. The van der Waals surface area contributed by atoms with Crippen LogP contribution in [0.2, 0.25) is 0 Å². The van der Waals surface area contributed by atoms with Crippen LogP contribution in [0, 0.1) is 13.8 Å². The Kier molecular flexibility index (Phi) is 5.33. The Balaban J connectivity index is 2.41. The van der Waals surface area contributed by atoms with Crippen molar-refractivity contribution in [2.24, 2.45) is 5.73 Å². The van der Waals surface area contributed by atoms with Crippen LogP contribution < -0.4 is 5.73 Å². The molecule has 5 nitrogen and oxygen atoms in total. The van der Waals surface area contributed by atoms with Crippen molar-refractivity contribution in [1.29, 1.82) is 0 Å². The first-order valence-electron chi connectivity index (χ1n) is 7.52. The summed E-state index contributed by atoms with van der Waals surface area (Å²) in [7, 11) is 2.00. The molecule has 2 aromatic rings. The molecule has 3 N–H and O–H groups in total. The van der Waals surface area contributed by atoms with E-state index in [-0.39, 0.29) is 6.61 Å². The number of likely N-dealkylation sites (N-methyl/N-ethyl adjacent to an activating group) is 1. The van der Waals surface area contributed by atoms with E-state index in [9.17, 15) is 0 Å². The van der Waals surface area contributed by atoms with E-state index in [0.717, 1.165) is 30.9 Å². The lowest BCUT2D eigenvalue weighted by molar-refractivity contribution is 0.213. The minimum absolute atomic E-state index is 0.164. The van der Waals surface area contributed by atoms with Gasteiger partial charge in [-0.15, -0.1) is 0 Å². The molecule has 0 fully saturated rings. The van der Waals surface area contributed by atoms with Crippen LogP contribution in [0.5, 0.6) is 0 Å². The zero-order valence-corrected chi connectivity index (χ0v) is 13.3. The van der Waals surface area contributed by atoms with Crippen molar-refractivity contribution < 1.29 is 5.11 Å². The second-order valence-corrected chi connectivity index (χ2v) is 5.71. The smallest absolute Gasteiger partial charge is 0.124 e. The van der Waals surface area contributed by atoms with E-state index in [1.54, 1.807) is 0 Å². The van der Waals surface area contributed by atoms with Crippen molar-refractivity contribution in [3.8, 4) is 0 Å². The highest BCUT2D eigenvalue weighted by molar-refractivity contribution is 5.78. The number of hydrogen-bond acceptors (Lipinski definition) is 4. The van der Waals surface area contributed by atoms with Crippen molar-refractivity contribution in [2.75, 3.05) is 26.7 Å². The molecule has 0 spiro atoms. The minimum atomic E-state index is 0.164. The highest BCUT2D eigenvalue weighted by Gasteiger charge is 2.13. The first kappa shape index (κ1) is 15.9. The predicted molar refractivity (Wildman–Crippen MR) is 86.3 cm³/mol. The second kappa shape index (κ2) is 7.02. The molecule has 0 aliphatic heterocycles. The van der Waals surface area contributed by atoms with Crippen LogP contribution >= 0.6 is 0 Å². The number of aliphatic hydroxyl groups is 1. The van der Waals surface area contributed by atoms with E-state index in [0.29, 0.717) is 13.1 Å². The fraction of sp³-hybridized carbons (Fsp3) is 0.562. The molecule has 0 aliphatic carbocycles. The number of rotatable bonds is 7. The fourth-order valence-corrected chi connectivity index (χ4v) is 2.54. The summed E-state index contributed by atoms with van der Waals surface area (Å²) in [6, 6.07) is 4.36. The van der Waals surface area contributed by atoms with Gasteiger partial charge in [0.05, 0.1) is 24.2 Å². The van der Waals surface area contributed by atoms with Gasteiger partial charge in [-0.2, -0.15) is 0 Å². The topological polar surface area (TPSA) is 67.3 Å². The molecule has 0 saturated heterocycles. The summed E-state index contributed by atoms with van der Waals surface area (Å²) in [5.74, 6) is 1.04. The van der Waals surface area contributed by atoms with Gasteiger partial charge in [-0.25, -0.2) is 4.98 Å². The minimum Gasteiger partial charge on any atom is -0.395 e. The summed E-state index contributed by atoms with van der Waals surface area (Å²) >= 11 is 0. The SMILES string of the molecule is Cc1cc2nc(CN(C)CCO)n(CCCN)c2cc1C. The third-order valence-corrected chi connectivity index (χ3v) is 3.92. The molecule has 0 amide bonds. The Morgan fingerprint density at radius 3 is 2.67 bits per heavy atom. The Labute approximate surface area is 126 Å². The molecule has 0 atom stereocenters. The molecule has 1 heterocycles. The first-order chi connectivity index (χ1) is 10.1. The Morgan fingerprint density at radius 1 is 1.29 bits per heavy atom. The van der Waals surface area contributed by atoms with Gasteiger partial charge in [-0.1, -0.05) is 0 Å². The maximum Gasteiger partial charge on any atom is 0.124 e. The van der Waals surface area contributed by atoms with Gasteiger partial charge < -0.3 is 15.4 Å². The summed E-state index contributed by atoms with van der Waals surface area (Å²) in [6.45, 7) is 7.36. The number of nitrogens with two attached hydrogens (primary N) is 1. The molecule has 1 aromatic carbocycles. The average Bonchev–Trinajstić information content (AvgIpc) is 2.74. The van der Waals surface area contributed by atoms with E-state index in [1.165, 1.54) is 16.6 Å². The van der Waals surface area contributed by atoms with Crippen molar-refractivity contribution in [1.82, 2.24) is 14.5 Å². The second-order valence-electron chi connectivity index (χ2n) is 5.71. The largest absolute Gasteiger partial charge is 0.395 e. The summed E-state index contributed by atoms with van der Waals surface area (Å²) in [6.07, 6.45) is 0.940. The lowest BCUT2D eigenvalue weighted by Crippen LogP contribution is -2.24. The van der Waals surface area contributed by atoms with Crippen LogP contribution in [0.15, 0.2) is 12.1 Å². The highest BCUT2D eigenvalue weighted by atomic mass is 16.3. The third-order valence-electron chi connectivity index (χ3n) is 3.92. The number of fused-ring (bicyclic) bond motifs is 1. The zero-order valence-electron chi connectivity index (χ0n) is 13.3. The van der Waals surface area contributed by atoms with Crippen LogP contribution in [0.4, 0.5) is 0 Å².